The summed E-state index contributed by atoms with van der Waals surface area (Å²) in [7, 11) is 3.46. The molecule has 0 bridgehead atoms. The largest absolute Gasteiger partial charge is 0.479 e. The van der Waals surface area contributed by atoms with Gasteiger partial charge in [-0.2, -0.15) is 5.10 Å². The predicted octanol–water partition coefficient (Wildman–Crippen LogP) is 2.70. The maximum Gasteiger partial charge on any atom is 0.242 e. The smallest absolute Gasteiger partial charge is 0.242 e. The number of nitrogens with zero attached hydrogens (tertiary/aromatic N) is 6. The van der Waals surface area contributed by atoms with Crippen LogP contribution in [0.4, 0.5) is 5.69 Å². The first kappa shape index (κ1) is 22.7. The van der Waals surface area contributed by atoms with Gasteiger partial charge in [-0.3, -0.25) is 9.48 Å². The zero-order valence-corrected chi connectivity index (χ0v) is 19.4. The minimum absolute atomic E-state index is 0.0414. The number of ether oxygens (including phenoxy) is 1. The van der Waals surface area contributed by atoms with Gasteiger partial charge >= 0.3 is 0 Å². The Morgan fingerprint density at radius 3 is 2.68 bits per heavy atom. The Labute approximate surface area is 183 Å². The topological polar surface area (TPSA) is 90.1 Å². The van der Waals surface area contributed by atoms with E-state index in [1.165, 1.54) is 0 Å². The Balaban J connectivity index is 1.63. The average molecular weight is 428 g/mol. The van der Waals surface area contributed by atoms with Gasteiger partial charge in [0.2, 0.25) is 11.8 Å². The summed E-state index contributed by atoms with van der Waals surface area (Å²) >= 11 is 0. The molecule has 3 heterocycles. The number of rotatable bonds is 10. The lowest BCUT2D eigenvalue weighted by atomic mass is 10.00. The Bertz CT molecular complexity index is 1050. The van der Waals surface area contributed by atoms with Crippen molar-refractivity contribution in [2.24, 2.45) is 7.05 Å². The van der Waals surface area contributed by atoms with Crippen LogP contribution in [0.1, 0.15) is 37.1 Å². The molecule has 0 radical (unpaired) electrons. The van der Waals surface area contributed by atoms with Crippen molar-refractivity contribution in [3.8, 4) is 5.88 Å². The highest BCUT2D eigenvalue weighted by Gasteiger charge is 2.18. The maximum atomic E-state index is 12.5. The van der Waals surface area contributed by atoms with E-state index < -0.39 is 0 Å². The number of aromatic nitrogens is 5. The summed E-state index contributed by atoms with van der Waals surface area (Å²) in [6, 6.07) is 0. The summed E-state index contributed by atoms with van der Waals surface area (Å²) in [5.74, 6) is 0.519. The summed E-state index contributed by atoms with van der Waals surface area (Å²) in [5, 5.41) is 12.6. The fraction of sp³-hybridized carbons (Fsp3) is 0.545. The molecule has 9 nitrogen and oxygen atoms in total. The van der Waals surface area contributed by atoms with Crippen LogP contribution in [-0.4, -0.2) is 62.1 Å². The summed E-state index contributed by atoms with van der Waals surface area (Å²) in [5.41, 5.74) is 4.54. The second-order valence-corrected chi connectivity index (χ2v) is 7.70. The molecule has 0 aliphatic heterocycles. The number of methoxy groups -OCH3 is 1. The Hall–Kier alpha value is -2.94. The van der Waals surface area contributed by atoms with E-state index in [4.69, 9.17) is 4.74 Å². The first-order valence-electron chi connectivity index (χ1n) is 10.8. The molecular formula is C22H33N7O2. The first-order chi connectivity index (χ1) is 14.9. The Morgan fingerprint density at radius 2 is 2.00 bits per heavy atom. The van der Waals surface area contributed by atoms with E-state index in [0.717, 1.165) is 59.7 Å². The van der Waals surface area contributed by atoms with Crippen LogP contribution in [0.25, 0.3) is 11.0 Å². The van der Waals surface area contributed by atoms with E-state index >= 15 is 0 Å². The highest BCUT2D eigenvalue weighted by atomic mass is 16.5. The number of carbonyl (C=O) groups is 1. The van der Waals surface area contributed by atoms with E-state index in [0.29, 0.717) is 18.7 Å². The van der Waals surface area contributed by atoms with Crippen LogP contribution in [0.3, 0.4) is 0 Å². The Morgan fingerprint density at radius 1 is 1.26 bits per heavy atom. The number of fused-ring (bicyclic) bond motifs is 1. The van der Waals surface area contributed by atoms with Crippen LogP contribution >= 0.6 is 0 Å². The molecule has 0 aliphatic carbocycles. The van der Waals surface area contributed by atoms with Gasteiger partial charge in [0.05, 0.1) is 30.9 Å². The molecule has 0 spiro atoms. The molecule has 31 heavy (non-hydrogen) atoms. The van der Waals surface area contributed by atoms with Crippen LogP contribution in [0.5, 0.6) is 5.88 Å². The van der Waals surface area contributed by atoms with Crippen LogP contribution in [0.2, 0.25) is 0 Å². The average Bonchev–Trinajstić information content (AvgIpc) is 3.32. The lowest BCUT2D eigenvalue weighted by Crippen LogP contribution is -2.27. The van der Waals surface area contributed by atoms with Crippen molar-refractivity contribution in [1.82, 2.24) is 29.4 Å². The van der Waals surface area contributed by atoms with E-state index in [1.54, 1.807) is 18.0 Å². The fourth-order valence-electron chi connectivity index (χ4n) is 3.90. The SMILES string of the molecule is CCN(CC)CCn1cc(NC(=O)CCc2c(C)nc3c(c(OC)nn3C)c2C)cn1. The number of carbonyl (C=O) groups excluding carboxylic acids is 1. The number of hydrogen-bond acceptors (Lipinski definition) is 6. The molecule has 0 aromatic carbocycles. The molecule has 168 valence electrons. The monoisotopic (exact) mass is 427 g/mol. The molecular weight excluding hydrogens is 394 g/mol. The molecule has 1 N–H and O–H groups in total. The fourth-order valence-corrected chi connectivity index (χ4v) is 3.90. The summed E-state index contributed by atoms with van der Waals surface area (Å²) < 4.78 is 9.01. The molecule has 3 rings (SSSR count). The van der Waals surface area contributed by atoms with Crippen LogP contribution < -0.4 is 10.1 Å². The zero-order chi connectivity index (χ0) is 22.5. The van der Waals surface area contributed by atoms with E-state index in [2.05, 4.69) is 39.2 Å². The molecule has 3 aromatic rings. The molecule has 0 saturated heterocycles. The van der Waals surface area contributed by atoms with Gasteiger partial charge in [-0.1, -0.05) is 13.8 Å². The maximum absolute atomic E-state index is 12.5. The predicted molar refractivity (Wildman–Crippen MR) is 122 cm³/mol. The number of anilines is 1. The summed E-state index contributed by atoms with van der Waals surface area (Å²) in [6.45, 7) is 12.1. The van der Waals surface area contributed by atoms with Crippen molar-refractivity contribution in [2.45, 2.75) is 47.1 Å². The van der Waals surface area contributed by atoms with Gasteiger partial charge in [-0.05, 0) is 44.5 Å². The van der Waals surface area contributed by atoms with Crippen LogP contribution in [0, 0.1) is 13.8 Å². The quantitative estimate of drug-likeness (QED) is 0.535. The number of pyridine rings is 1. The lowest BCUT2D eigenvalue weighted by Gasteiger charge is -2.17. The molecule has 3 aromatic heterocycles. The number of aryl methyl sites for hydroxylation is 3. The van der Waals surface area contributed by atoms with Gasteiger partial charge in [0.15, 0.2) is 5.65 Å². The Kier molecular flexibility index (Phi) is 7.27. The molecule has 9 heteroatoms. The number of amides is 1. The van der Waals surface area contributed by atoms with Crippen LogP contribution in [-0.2, 0) is 24.8 Å². The molecule has 0 aliphatic rings. The molecule has 0 fully saturated rings. The lowest BCUT2D eigenvalue weighted by molar-refractivity contribution is -0.116. The van der Waals surface area contributed by atoms with Crippen molar-refractivity contribution in [3.63, 3.8) is 0 Å². The van der Waals surface area contributed by atoms with Gasteiger partial charge in [-0.25, -0.2) is 9.67 Å². The summed E-state index contributed by atoms with van der Waals surface area (Å²) in [6.07, 6.45) is 4.54. The third-order valence-corrected chi connectivity index (χ3v) is 5.77. The standard InChI is InChI=1S/C22H33N7O2/c1-7-28(8-2)11-12-29-14-17(13-23-29)25-19(30)10-9-18-15(3)20-21(24-16(18)4)27(5)26-22(20)31-6/h13-14H,7-12H2,1-6H3,(H,25,30). The molecule has 0 saturated carbocycles. The van der Waals surface area contributed by atoms with E-state index in [9.17, 15) is 4.79 Å². The van der Waals surface area contributed by atoms with Crippen molar-refractivity contribution < 1.29 is 9.53 Å². The number of hydrogen-bond donors (Lipinski definition) is 1. The third kappa shape index (κ3) is 5.04. The second-order valence-electron chi connectivity index (χ2n) is 7.70. The highest BCUT2D eigenvalue weighted by Crippen LogP contribution is 2.30. The van der Waals surface area contributed by atoms with E-state index in [1.807, 2.05) is 31.8 Å². The number of likely N-dealkylation sites (N-methyl/N-ethyl adjacent to an activating group) is 1. The van der Waals surface area contributed by atoms with Crippen molar-refractivity contribution in [3.05, 3.63) is 29.2 Å². The molecule has 0 atom stereocenters. The molecule has 1 amide bonds. The van der Waals surface area contributed by atoms with E-state index in [-0.39, 0.29) is 5.91 Å². The van der Waals surface area contributed by atoms with Gasteiger partial charge < -0.3 is 15.0 Å². The second kappa shape index (κ2) is 9.91. The number of nitrogens with one attached hydrogen (secondary N) is 1. The van der Waals surface area contributed by atoms with Crippen LogP contribution in [0.15, 0.2) is 12.4 Å². The zero-order valence-electron chi connectivity index (χ0n) is 19.4. The van der Waals surface area contributed by atoms with Gasteiger partial charge in [0.25, 0.3) is 0 Å². The molecule has 0 unspecified atom stereocenters. The van der Waals surface area contributed by atoms with Gasteiger partial charge in [0, 0.05) is 31.9 Å². The first-order valence-corrected chi connectivity index (χ1v) is 10.8. The normalized spacial score (nSPS) is 11.5. The van der Waals surface area contributed by atoms with Crippen molar-refractivity contribution >= 4 is 22.6 Å². The minimum Gasteiger partial charge on any atom is -0.479 e. The highest BCUT2D eigenvalue weighted by molar-refractivity contribution is 5.91. The van der Waals surface area contributed by atoms with Gasteiger partial charge in [0.1, 0.15) is 0 Å². The van der Waals surface area contributed by atoms with Gasteiger partial charge in [-0.15, -0.1) is 5.10 Å². The van der Waals surface area contributed by atoms with Crippen molar-refractivity contribution in [1.29, 1.82) is 0 Å². The van der Waals surface area contributed by atoms with Crippen molar-refractivity contribution in [2.75, 3.05) is 32.1 Å². The third-order valence-electron chi connectivity index (χ3n) is 5.77. The minimum atomic E-state index is -0.0414. The summed E-state index contributed by atoms with van der Waals surface area (Å²) in [4.78, 5) is 19.6.